The molecule has 3 aliphatic rings. The molecule has 3 saturated heterocycles. The van der Waals surface area contributed by atoms with Gasteiger partial charge in [0.2, 0.25) is 0 Å². The Bertz CT molecular complexity index is 697. The fourth-order valence-electron chi connectivity index (χ4n) is 4.50. The summed E-state index contributed by atoms with van der Waals surface area (Å²) in [6.07, 6.45) is 5.24. The van der Waals surface area contributed by atoms with Gasteiger partial charge in [-0.15, -0.1) is 0 Å². The molecule has 3 unspecified atom stereocenters. The Kier molecular flexibility index (Phi) is 5.98. The number of benzene rings is 1. The molecule has 7 heteroatoms. The molecule has 28 heavy (non-hydrogen) atoms. The molecular formula is C21H28N4O3. The lowest BCUT2D eigenvalue weighted by atomic mass is 10.2. The second-order valence-corrected chi connectivity index (χ2v) is 7.82. The van der Waals surface area contributed by atoms with Crippen molar-refractivity contribution >= 4 is 6.03 Å². The number of hydrogen-bond acceptors (Lipinski definition) is 5. The number of amides is 2. The maximum Gasteiger partial charge on any atom is 0.319 e. The number of likely N-dealkylation sites (tertiary alicyclic amines) is 1. The van der Waals surface area contributed by atoms with Crippen molar-refractivity contribution < 1.29 is 14.3 Å². The van der Waals surface area contributed by atoms with Crippen LogP contribution in [0.2, 0.25) is 0 Å². The van der Waals surface area contributed by atoms with Gasteiger partial charge in [-0.25, -0.2) is 4.79 Å². The number of urea groups is 1. The van der Waals surface area contributed by atoms with E-state index in [9.17, 15) is 4.79 Å². The van der Waals surface area contributed by atoms with Gasteiger partial charge in [-0.2, -0.15) is 5.26 Å². The predicted molar refractivity (Wildman–Crippen MR) is 104 cm³/mol. The number of hydrogen-bond donors (Lipinski definition) is 1. The standard InChI is InChI=1S/C21H28N4O3/c22-13-16-4-8-19(9-5-16)27-12-10-25-17-6-7-18(25)15-24(14-17)21(26)23-20-3-1-2-11-28-20/h4-5,8-9,17-18,20H,1-3,6-7,10-12,14-15H2,(H,23,26). The first-order chi connectivity index (χ1) is 13.7. The van der Waals surface area contributed by atoms with Gasteiger partial charge in [0.25, 0.3) is 0 Å². The number of nitrogens with zero attached hydrogens (tertiary/aromatic N) is 3. The molecule has 3 atom stereocenters. The average molecular weight is 384 g/mol. The molecule has 4 rings (SSSR count). The van der Waals surface area contributed by atoms with Gasteiger partial charge < -0.3 is 19.7 Å². The quantitative estimate of drug-likeness (QED) is 0.843. The molecule has 0 aromatic heterocycles. The van der Waals surface area contributed by atoms with E-state index in [0.717, 1.165) is 64.1 Å². The van der Waals surface area contributed by atoms with E-state index in [2.05, 4.69) is 16.3 Å². The van der Waals surface area contributed by atoms with E-state index in [1.54, 1.807) is 12.1 Å². The monoisotopic (exact) mass is 384 g/mol. The summed E-state index contributed by atoms with van der Waals surface area (Å²) in [7, 11) is 0. The lowest BCUT2D eigenvalue weighted by Gasteiger charge is -2.41. The number of nitriles is 1. The number of piperazine rings is 1. The summed E-state index contributed by atoms with van der Waals surface area (Å²) in [5.41, 5.74) is 0.637. The average Bonchev–Trinajstić information content (AvgIpc) is 2.96. The van der Waals surface area contributed by atoms with E-state index in [-0.39, 0.29) is 12.3 Å². The highest BCUT2D eigenvalue weighted by molar-refractivity contribution is 5.74. The van der Waals surface area contributed by atoms with Crippen molar-refractivity contribution in [1.29, 1.82) is 5.26 Å². The molecule has 3 heterocycles. The molecule has 1 aromatic carbocycles. The molecule has 0 aliphatic carbocycles. The highest BCUT2D eigenvalue weighted by Crippen LogP contribution is 2.30. The van der Waals surface area contributed by atoms with Gasteiger partial charge in [0.05, 0.1) is 11.6 Å². The van der Waals surface area contributed by atoms with Crippen LogP contribution in [0.25, 0.3) is 0 Å². The van der Waals surface area contributed by atoms with Crippen LogP contribution in [0.4, 0.5) is 4.79 Å². The summed E-state index contributed by atoms with van der Waals surface area (Å²) < 4.78 is 11.5. The van der Waals surface area contributed by atoms with E-state index in [1.165, 1.54) is 0 Å². The SMILES string of the molecule is N#Cc1ccc(OCCN2C3CCC2CN(C(=O)NC2CCCCO2)C3)cc1. The number of nitrogens with one attached hydrogen (secondary N) is 1. The molecule has 2 amide bonds. The Morgan fingerprint density at radius 1 is 1.18 bits per heavy atom. The van der Waals surface area contributed by atoms with Crippen LogP contribution in [0, 0.1) is 11.3 Å². The van der Waals surface area contributed by atoms with Crippen molar-refractivity contribution in [2.45, 2.75) is 50.4 Å². The van der Waals surface area contributed by atoms with Crippen molar-refractivity contribution in [2.75, 3.05) is 32.8 Å². The Morgan fingerprint density at radius 3 is 2.57 bits per heavy atom. The molecular weight excluding hydrogens is 356 g/mol. The molecule has 7 nitrogen and oxygen atoms in total. The maximum absolute atomic E-state index is 12.6. The van der Waals surface area contributed by atoms with Crippen molar-refractivity contribution in [3.05, 3.63) is 29.8 Å². The van der Waals surface area contributed by atoms with E-state index in [1.807, 2.05) is 17.0 Å². The second kappa shape index (κ2) is 8.80. The summed E-state index contributed by atoms with van der Waals surface area (Å²) in [5.74, 6) is 0.789. The number of carbonyl (C=O) groups excluding carboxylic acids is 1. The van der Waals surface area contributed by atoms with E-state index in [4.69, 9.17) is 14.7 Å². The lowest BCUT2D eigenvalue weighted by Crippen LogP contribution is -2.59. The van der Waals surface area contributed by atoms with Crippen LogP contribution in [0.3, 0.4) is 0 Å². The third-order valence-electron chi connectivity index (χ3n) is 5.99. The van der Waals surface area contributed by atoms with Gasteiger partial charge in [-0.1, -0.05) is 0 Å². The molecule has 3 aliphatic heterocycles. The second-order valence-electron chi connectivity index (χ2n) is 7.82. The molecule has 1 aromatic rings. The van der Waals surface area contributed by atoms with E-state index >= 15 is 0 Å². The van der Waals surface area contributed by atoms with Gasteiger partial charge >= 0.3 is 6.03 Å². The first kappa shape index (κ1) is 19.0. The topological polar surface area (TPSA) is 77.8 Å². The molecule has 0 saturated carbocycles. The zero-order valence-corrected chi connectivity index (χ0v) is 16.2. The smallest absolute Gasteiger partial charge is 0.319 e. The summed E-state index contributed by atoms with van der Waals surface area (Å²) >= 11 is 0. The van der Waals surface area contributed by atoms with E-state index < -0.39 is 0 Å². The van der Waals surface area contributed by atoms with Gasteiger partial charge in [0.1, 0.15) is 18.6 Å². The predicted octanol–water partition coefficient (Wildman–Crippen LogP) is 2.32. The molecule has 3 fully saturated rings. The largest absolute Gasteiger partial charge is 0.492 e. The van der Waals surface area contributed by atoms with Crippen molar-refractivity contribution in [3.8, 4) is 11.8 Å². The van der Waals surface area contributed by atoms with Crippen LogP contribution in [0.5, 0.6) is 5.75 Å². The Balaban J connectivity index is 1.24. The van der Waals surface area contributed by atoms with E-state index in [0.29, 0.717) is 24.3 Å². The Hall–Kier alpha value is -2.30. The zero-order chi connectivity index (χ0) is 19.3. The molecule has 1 N–H and O–H groups in total. The number of carbonyl (C=O) groups is 1. The van der Waals surface area contributed by atoms with Crippen molar-refractivity contribution in [2.24, 2.45) is 0 Å². The molecule has 2 bridgehead atoms. The normalized spacial score (nSPS) is 27.2. The number of fused-ring (bicyclic) bond motifs is 2. The maximum atomic E-state index is 12.6. The Morgan fingerprint density at radius 2 is 1.93 bits per heavy atom. The van der Waals surface area contributed by atoms with Crippen LogP contribution in [0.1, 0.15) is 37.7 Å². The van der Waals surface area contributed by atoms with Crippen LogP contribution in [-0.4, -0.2) is 67.0 Å². The van der Waals surface area contributed by atoms with Crippen LogP contribution in [0.15, 0.2) is 24.3 Å². The molecule has 150 valence electrons. The van der Waals surface area contributed by atoms with Crippen LogP contribution < -0.4 is 10.1 Å². The summed E-state index contributed by atoms with van der Waals surface area (Å²) in [6.45, 7) is 3.75. The fraction of sp³-hybridized carbons (Fsp3) is 0.619. The summed E-state index contributed by atoms with van der Waals surface area (Å²) in [6, 6.07) is 10.1. The Labute approximate surface area is 166 Å². The van der Waals surface area contributed by atoms with Gasteiger partial charge in [0.15, 0.2) is 0 Å². The lowest BCUT2D eigenvalue weighted by molar-refractivity contribution is -0.00415. The first-order valence-corrected chi connectivity index (χ1v) is 10.3. The van der Waals surface area contributed by atoms with Crippen LogP contribution >= 0.6 is 0 Å². The molecule has 0 radical (unpaired) electrons. The summed E-state index contributed by atoms with van der Waals surface area (Å²) in [4.78, 5) is 17.1. The minimum atomic E-state index is -0.127. The minimum Gasteiger partial charge on any atom is -0.492 e. The first-order valence-electron chi connectivity index (χ1n) is 10.3. The van der Waals surface area contributed by atoms with Gasteiger partial charge in [0, 0.05) is 38.3 Å². The molecule has 0 spiro atoms. The number of ether oxygens (including phenoxy) is 2. The van der Waals surface area contributed by atoms with Crippen molar-refractivity contribution in [1.82, 2.24) is 15.1 Å². The summed E-state index contributed by atoms with van der Waals surface area (Å²) in [5, 5.41) is 11.9. The van der Waals surface area contributed by atoms with Gasteiger partial charge in [-0.05, 0) is 56.4 Å². The number of rotatable bonds is 5. The van der Waals surface area contributed by atoms with Gasteiger partial charge in [-0.3, -0.25) is 4.90 Å². The van der Waals surface area contributed by atoms with Crippen LogP contribution in [-0.2, 0) is 4.74 Å². The van der Waals surface area contributed by atoms with Crippen molar-refractivity contribution in [3.63, 3.8) is 0 Å². The third-order valence-corrected chi connectivity index (χ3v) is 5.99. The minimum absolute atomic E-state index is 0.0114. The highest BCUT2D eigenvalue weighted by atomic mass is 16.5. The fourth-order valence-corrected chi connectivity index (χ4v) is 4.50. The highest BCUT2D eigenvalue weighted by Gasteiger charge is 2.41. The zero-order valence-electron chi connectivity index (χ0n) is 16.2. The third kappa shape index (κ3) is 4.40.